The number of fused-ring (bicyclic) bond motifs is 2. The van der Waals surface area contributed by atoms with E-state index in [0.29, 0.717) is 10.2 Å². The van der Waals surface area contributed by atoms with Crippen molar-refractivity contribution in [2.75, 3.05) is 29.3 Å². The molecule has 1 saturated carbocycles. The SMILES string of the molecule is C[C@H](C(=O)N1CCSCC1)C1CC[C@@]2(C)Cc3sc(NS(=O)(=O)c4ccc(Cl)cc4)nc3[C@@H](C)[C@@H]2[C@H]1O. The lowest BCUT2D eigenvalue weighted by molar-refractivity contribution is -0.144. The van der Waals surface area contributed by atoms with Crippen LogP contribution in [-0.4, -0.2) is 60.0 Å². The lowest BCUT2D eigenvalue weighted by Crippen LogP contribution is -2.54. The van der Waals surface area contributed by atoms with Gasteiger partial charge in [0.25, 0.3) is 10.0 Å². The molecule has 5 rings (SSSR count). The molecule has 1 aromatic heterocycles. The highest BCUT2D eigenvalue weighted by atomic mass is 35.5. The van der Waals surface area contributed by atoms with Gasteiger partial charge in [0.2, 0.25) is 5.91 Å². The summed E-state index contributed by atoms with van der Waals surface area (Å²) in [7, 11) is -3.79. The molecule has 2 heterocycles. The molecule has 3 aliphatic rings. The second-order valence-electron chi connectivity index (χ2n) is 11.0. The molecule has 7 nitrogen and oxygen atoms in total. The highest BCUT2D eigenvalue weighted by molar-refractivity contribution is 7.99. The first kappa shape index (κ1) is 27.2. The van der Waals surface area contributed by atoms with Crippen molar-refractivity contribution in [2.24, 2.45) is 23.2 Å². The number of halogens is 1. The molecule has 6 atom stereocenters. The first-order valence-corrected chi connectivity index (χ1v) is 16.7. The fourth-order valence-corrected chi connectivity index (χ4v) is 10.2. The lowest BCUT2D eigenvalue weighted by atomic mass is 9.53. The van der Waals surface area contributed by atoms with Crippen molar-refractivity contribution in [3.05, 3.63) is 39.9 Å². The van der Waals surface area contributed by atoms with Crippen LogP contribution in [0.5, 0.6) is 0 Å². The van der Waals surface area contributed by atoms with Gasteiger partial charge in [0.1, 0.15) is 0 Å². The molecular weight excluding hydrogens is 550 g/mol. The second-order valence-corrected chi connectivity index (χ2v) is 15.4. The molecule has 0 spiro atoms. The van der Waals surface area contributed by atoms with Gasteiger partial charge in [-0.1, -0.05) is 32.4 Å². The Morgan fingerprint density at radius 1 is 1.27 bits per heavy atom. The maximum absolute atomic E-state index is 13.3. The smallest absolute Gasteiger partial charge is 0.263 e. The molecule has 1 aromatic carbocycles. The molecule has 11 heteroatoms. The van der Waals surface area contributed by atoms with Crippen molar-refractivity contribution < 1.29 is 18.3 Å². The topological polar surface area (TPSA) is 99.6 Å². The van der Waals surface area contributed by atoms with Gasteiger partial charge < -0.3 is 10.0 Å². The van der Waals surface area contributed by atoms with Crippen LogP contribution >= 0.6 is 34.7 Å². The molecule has 0 bridgehead atoms. The fourth-order valence-electron chi connectivity index (χ4n) is 6.63. The van der Waals surface area contributed by atoms with Gasteiger partial charge in [-0.25, -0.2) is 13.4 Å². The Bertz CT molecular complexity index is 1260. The summed E-state index contributed by atoms with van der Waals surface area (Å²) >= 11 is 9.17. The van der Waals surface area contributed by atoms with Gasteiger partial charge in [-0.2, -0.15) is 11.8 Å². The van der Waals surface area contributed by atoms with Gasteiger partial charge in [0, 0.05) is 46.3 Å². The largest absolute Gasteiger partial charge is 0.392 e. The second kappa shape index (κ2) is 10.3. The van der Waals surface area contributed by atoms with Crippen LogP contribution in [0.4, 0.5) is 5.13 Å². The Kier molecular flexibility index (Phi) is 7.61. The molecule has 1 saturated heterocycles. The van der Waals surface area contributed by atoms with Gasteiger partial charge in [0.15, 0.2) is 5.13 Å². The zero-order chi connectivity index (χ0) is 26.5. The number of anilines is 1. The minimum atomic E-state index is -3.79. The Balaban J connectivity index is 1.36. The van der Waals surface area contributed by atoms with Crippen LogP contribution < -0.4 is 4.72 Å². The highest BCUT2D eigenvalue weighted by Gasteiger charge is 2.54. The van der Waals surface area contributed by atoms with Crippen LogP contribution in [-0.2, 0) is 21.2 Å². The number of nitrogens with one attached hydrogen (secondary N) is 1. The fraction of sp³-hybridized carbons (Fsp3) is 0.615. The summed E-state index contributed by atoms with van der Waals surface area (Å²) in [6.07, 6.45) is 1.85. The van der Waals surface area contributed by atoms with Gasteiger partial charge in [-0.05, 0) is 60.8 Å². The van der Waals surface area contributed by atoms with Crippen molar-refractivity contribution in [3.63, 3.8) is 0 Å². The number of aromatic nitrogens is 1. The number of carbonyl (C=O) groups excluding carboxylic acids is 1. The minimum Gasteiger partial charge on any atom is -0.392 e. The summed E-state index contributed by atoms with van der Waals surface area (Å²) < 4.78 is 28.5. The third-order valence-electron chi connectivity index (χ3n) is 8.62. The number of hydrogen-bond donors (Lipinski definition) is 2. The van der Waals surface area contributed by atoms with E-state index in [2.05, 4.69) is 18.6 Å². The van der Waals surface area contributed by atoms with Gasteiger partial charge in [-0.15, -0.1) is 11.3 Å². The molecule has 37 heavy (non-hydrogen) atoms. The number of nitrogens with zero attached hydrogens (tertiary/aromatic N) is 2. The van der Waals surface area contributed by atoms with E-state index in [-0.39, 0.29) is 39.9 Å². The van der Waals surface area contributed by atoms with E-state index in [1.54, 1.807) is 12.1 Å². The lowest BCUT2D eigenvalue weighted by Gasteiger charge is -2.53. The summed E-state index contributed by atoms with van der Waals surface area (Å²) in [4.78, 5) is 21.1. The summed E-state index contributed by atoms with van der Waals surface area (Å²) in [5.74, 6) is 1.68. The molecule has 202 valence electrons. The van der Waals surface area contributed by atoms with Crippen molar-refractivity contribution in [1.82, 2.24) is 9.88 Å². The number of thiazole rings is 1. The average molecular weight is 584 g/mol. The predicted molar refractivity (Wildman–Crippen MR) is 150 cm³/mol. The molecular formula is C26H34ClN3O4S3. The Hall–Kier alpha value is -1.33. The number of thioether (sulfide) groups is 1. The summed E-state index contributed by atoms with van der Waals surface area (Å²) in [6.45, 7) is 7.85. The van der Waals surface area contributed by atoms with Crippen molar-refractivity contribution in [1.29, 1.82) is 0 Å². The van der Waals surface area contributed by atoms with E-state index in [9.17, 15) is 18.3 Å². The number of aliphatic hydroxyl groups is 1. The van der Waals surface area contributed by atoms with E-state index in [0.717, 1.165) is 54.4 Å². The maximum Gasteiger partial charge on any atom is 0.263 e. The van der Waals surface area contributed by atoms with E-state index in [1.165, 1.54) is 23.5 Å². The number of amides is 1. The molecule has 1 amide bonds. The molecule has 2 N–H and O–H groups in total. The Labute approximate surface area is 232 Å². The number of hydrogen-bond acceptors (Lipinski definition) is 7. The molecule has 2 fully saturated rings. The third kappa shape index (κ3) is 5.16. The van der Waals surface area contributed by atoms with Crippen molar-refractivity contribution in [3.8, 4) is 0 Å². The van der Waals surface area contributed by atoms with E-state index in [4.69, 9.17) is 16.6 Å². The van der Waals surface area contributed by atoms with Crippen LogP contribution in [0.1, 0.15) is 50.1 Å². The maximum atomic E-state index is 13.3. The van der Waals surface area contributed by atoms with E-state index in [1.807, 2.05) is 23.6 Å². The van der Waals surface area contributed by atoms with Crippen LogP contribution in [0.15, 0.2) is 29.2 Å². The van der Waals surface area contributed by atoms with Crippen molar-refractivity contribution in [2.45, 2.75) is 57.0 Å². The quantitative estimate of drug-likeness (QED) is 0.521. The highest BCUT2D eigenvalue weighted by Crippen LogP contribution is 2.57. The summed E-state index contributed by atoms with van der Waals surface area (Å²) in [5.41, 5.74) is 0.721. The number of aliphatic hydroxyl groups excluding tert-OH is 1. The van der Waals surface area contributed by atoms with Crippen molar-refractivity contribution >= 4 is 55.8 Å². The predicted octanol–water partition coefficient (Wildman–Crippen LogP) is 4.86. The minimum absolute atomic E-state index is 0.0475. The number of benzene rings is 1. The normalized spacial score (nSPS) is 30.8. The number of rotatable bonds is 5. The summed E-state index contributed by atoms with van der Waals surface area (Å²) in [5, 5.41) is 12.5. The Morgan fingerprint density at radius 3 is 2.62 bits per heavy atom. The summed E-state index contributed by atoms with van der Waals surface area (Å²) in [6, 6.07) is 6.03. The number of sulfonamides is 1. The number of carbonyl (C=O) groups is 1. The zero-order valence-corrected chi connectivity index (χ0v) is 24.5. The van der Waals surface area contributed by atoms with Crippen LogP contribution in [0, 0.1) is 23.2 Å². The average Bonchev–Trinajstić information content (AvgIpc) is 3.25. The Morgan fingerprint density at radius 2 is 1.95 bits per heavy atom. The first-order valence-electron chi connectivity index (χ1n) is 12.8. The molecule has 2 aromatic rings. The first-order chi connectivity index (χ1) is 17.5. The molecule has 0 radical (unpaired) electrons. The molecule has 2 aliphatic carbocycles. The third-order valence-corrected chi connectivity index (χ3v) is 12.3. The van der Waals surface area contributed by atoms with Gasteiger partial charge >= 0.3 is 0 Å². The monoisotopic (exact) mass is 583 g/mol. The van der Waals surface area contributed by atoms with Crippen LogP contribution in [0.2, 0.25) is 5.02 Å². The molecule has 1 aliphatic heterocycles. The molecule has 1 unspecified atom stereocenters. The van der Waals surface area contributed by atoms with Gasteiger partial charge in [0.05, 0.1) is 16.7 Å². The standard InChI is InChI=1S/C26H34ClN3O4S3/c1-15(24(32)30-10-12-35-13-11-30)19-8-9-26(3)14-20-22(16(2)21(26)23(19)31)28-25(36-20)29-37(33,34)18-6-4-17(27)5-7-18/h4-7,15-16,19,21,23,31H,8-14H2,1-3H3,(H,28,29)/t15-,16-,19?,21+,23-,26-/m0/s1. The van der Waals surface area contributed by atoms with Gasteiger partial charge in [-0.3, -0.25) is 9.52 Å². The zero-order valence-electron chi connectivity index (χ0n) is 21.3. The van der Waals surface area contributed by atoms with Crippen LogP contribution in [0.25, 0.3) is 0 Å². The van der Waals surface area contributed by atoms with Crippen LogP contribution in [0.3, 0.4) is 0 Å². The van der Waals surface area contributed by atoms with E-state index >= 15 is 0 Å². The van der Waals surface area contributed by atoms with E-state index < -0.39 is 16.1 Å².